The monoisotopic (exact) mass is 221 g/mol. The molecule has 82 valence electrons. The van der Waals surface area contributed by atoms with Crippen LogP contribution in [-0.2, 0) is 6.61 Å². The van der Waals surface area contributed by atoms with Crippen molar-refractivity contribution in [2.45, 2.75) is 6.61 Å². The lowest BCUT2D eigenvalue weighted by atomic mass is 10.1. The van der Waals surface area contributed by atoms with E-state index >= 15 is 0 Å². The highest BCUT2D eigenvalue weighted by atomic mass is 19.2. The van der Waals surface area contributed by atoms with Crippen LogP contribution in [0.5, 0.6) is 0 Å². The Balaban J connectivity index is 2.54. The van der Waals surface area contributed by atoms with Gasteiger partial charge in [-0.2, -0.15) is 0 Å². The highest BCUT2D eigenvalue weighted by Gasteiger charge is 2.10. The van der Waals surface area contributed by atoms with Gasteiger partial charge in [0.25, 0.3) is 0 Å². The number of halogens is 2. The predicted octanol–water partition coefficient (Wildman–Crippen LogP) is 2.52. The molecule has 2 nitrogen and oxygen atoms in total. The Morgan fingerprint density at radius 1 is 1.19 bits per heavy atom. The summed E-state index contributed by atoms with van der Waals surface area (Å²) in [6, 6.07) is 7.05. The Kier molecular flexibility index (Phi) is 2.92. The first kappa shape index (κ1) is 10.7. The Morgan fingerprint density at radius 2 is 2.00 bits per heavy atom. The fourth-order valence-electron chi connectivity index (χ4n) is 1.42. The van der Waals surface area contributed by atoms with Crippen LogP contribution in [0.15, 0.2) is 36.5 Å². The molecule has 0 bridgehead atoms. The van der Waals surface area contributed by atoms with Gasteiger partial charge in [-0.3, -0.25) is 4.98 Å². The van der Waals surface area contributed by atoms with Crippen molar-refractivity contribution in [3.8, 4) is 11.3 Å². The predicted molar refractivity (Wildman–Crippen MR) is 55.5 cm³/mol. The van der Waals surface area contributed by atoms with E-state index in [-0.39, 0.29) is 12.2 Å². The molecule has 2 aromatic rings. The molecule has 0 fully saturated rings. The molecule has 0 atom stereocenters. The van der Waals surface area contributed by atoms with E-state index in [0.717, 1.165) is 6.07 Å². The van der Waals surface area contributed by atoms with Gasteiger partial charge < -0.3 is 5.11 Å². The van der Waals surface area contributed by atoms with Gasteiger partial charge in [-0.1, -0.05) is 6.07 Å². The first-order valence-electron chi connectivity index (χ1n) is 4.72. The molecule has 1 N–H and O–H groups in total. The zero-order chi connectivity index (χ0) is 11.5. The number of hydrogen-bond acceptors (Lipinski definition) is 2. The molecule has 4 heteroatoms. The lowest BCUT2D eigenvalue weighted by molar-refractivity contribution is 0.282. The summed E-state index contributed by atoms with van der Waals surface area (Å²) in [5.41, 5.74) is 1.01. The third-order valence-electron chi connectivity index (χ3n) is 2.23. The van der Waals surface area contributed by atoms with Gasteiger partial charge in [0.2, 0.25) is 0 Å². The van der Waals surface area contributed by atoms with E-state index in [1.807, 2.05) is 0 Å². The molecule has 0 amide bonds. The van der Waals surface area contributed by atoms with Crippen LogP contribution in [0.1, 0.15) is 5.56 Å². The van der Waals surface area contributed by atoms with E-state index in [4.69, 9.17) is 5.11 Å². The summed E-state index contributed by atoms with van der Waals surface area (Å²) in [4.78, 5) is 3.94. The average Bonchev–Trinajstić information content (AvgIpc) is 2.33. The minimum absolute atomic E-state index is 0.0929. The number of hydrogen-bond donors (Lipinski definition) is 1. The quantitative estimate of drug-likeness (QED) is 0.845. The van der Waals surface area contributed by atoms with Crippen molar-refractivity contribution >= 4 is 0 Å². The maximum atomic E-state index is 13.4. The Bertz CT molecular complexity index is 514. The highest BCUT2D eigenvalue weighted by Crippen LogP contribution is 2.23. The molecule has 0 aliphatic rings. The summed E-state index contributed by atoms with van der Waals surface area (Å²) < 4.78 is 26.4. The second kappa shape index (κ2) is 4.37. The van der Waals surface area contributed by atoms with E-state index in [1.54, 1.807) is 6.07 Å². The lowest BCUT2D eigenvalue weighted by Crippen LogP contribution is -1.93. The largest absolute Gasteiger partial charge is 0.392 e. The minimum atomic E-state index is -0.926. The van der Waals surface area contributed by atoms with Crippen molar-refractivity contribution in [1.82, 2.24) is 4.98 Å². The van der Waals surface area contributed by atoms with Crippen molar-refractivity contribution < 1.29 is 13.9 Å². The molecule has 1 aromatic heterocycles. The fourth-order valence-corrected chi connectivity index (χ4v) is 1.42. The van der Waals surface area contributed by atoms with Crippen molar-refractivity contribution in [2.75, 3.05) is 0 Å². The van der Waals surface area contributed by atoms with Gasteiger partial charge >= 0.3 is 0 Å². The molecular formula is C12H9F2NO. The molecule has 1 aromatic carbocycles. The van der Waals surface area contributed by atoms with Gasteiger partial charge in [-0.15, -0.1) is 0 Å². The summed E-state index contributed by atoms with van der Waals surface area (Å²) in [5, 5.41) is 8.94. The molecule has 16 heavy (non-hydrogen) atoms. The summed E-state index contributed by atoms with van der Waals surface area (Å²) in [7, 11) is 0. The smallest absolute Gasteiger partial charge is 0.168 e. The van der Waals surface area contributed by atoms with Crippen LogP contribution < -0.4 is 0 Å². The molecule has 0 radical (unpaired) electrons. The Morgan fingerprint density at radius 3 is 2.75 bits per heavy atom. The van der Waals surface area contributed by atoms with Crippen molar-refractivity contribution in [3.63, 3.8) is 0 Å². The molecule has 1 heterocycles. The maximum absolute atomic E-state index is 13.4. The van der Waals surface area contributed by atoms with E-state index in [1.165, 1.54) is 24.4 Å². The number of nitrogens with zero attached hydrogens (tertiary/aromatic N) is 1. The van der Waals surface area contributed by atoms with Gasteiger partial charge in [0, 0.05) is 11.8 Å². The summed E-state index contributed by atoms with van der Waals surface area (Å²) in [6.07, 6.45) is 1.45. The second-order valence-electron chi connectivity index (χ2n) is 3.31. The number of aliphatic hydroxyl groups is 1. The summed E-state index contributed by atoms with van der Waals surface area (Å²) in [6.45, 7) is -0.160. The van der Waals surface area contributed by atoms with Gasteiger partial charge in [-0.25, -0.2) is 8.78 Å². The van der Waals surface area contributed by atoms with Gasteiger partial charge in [0.1, 0.15) is 0 Å². The van der Waals surface area contributed by atoms with Gasteiger partial charge in [0.15, 0.2) is 11.6 Å². The Labute approximate surface area is 91.2 Å². The first-order valence-corrected chi connectivity index (χ1v) is 4.72. The third kappa shape index (κ3) is 1.92. The molecule has 0 aliphatic carbocycles. The van der Waals surface area contributed by atoms with Crippen molar-refractivity contribution in [3.05, 3.63) is 53.7 Å². The van der Waals surface area contributed by atoms with Crippen LogP contribution in [0, 0.1) is 11.6 Å². The van der Waals surface area contributed by atoms with Crippen molar-refractivity contribution in [1.29, 1.82) is 0 Å². The van der Waals surface area contributed by atoms with Crippen LogP contribution in [-0.4, -0.2) is 10.1 Å². The molecule has 0 unspecified atom stereocenters. The Hall–Kier alpha value is -1.81. The lowest BCUT2D eigenvalue weighted by Gasteiger charge is -2.04. The molecule has 2 rings (SSSR count). The molecule has 0 spiro atoms. The molecule has 0 aliphatic heterocycles. The number of rotatable bonds is 2. The van der Waals surface area contributed by atoms with E-state index in [2.05, 4.69) is 4.98 Å². The number of aliphatic hydroxyl groups excluding tert-OH is 1. The van der Waals surface area contributed by atoms with Crippen LogP contribution in [0.2, 0.25) is 0 Å². The van der Waals surface area contributed by atoms with E-state index in [9.17, 15) is 8.78 Å². The van der Waals surface area contributed by atoms with Crippen molar-refractivity contribution in [2.24, 2.45) is 0 Å². The molecular weight excluding hydrogens is 212 g/mol. The first-order chi connectivity index (χ1) is 7.72. The standard InChI is InChI=1S/C12H9F2NO/c13-10-3-1-2-9(12(10)14)11-6-8(7-16)4-5-15-11/h1-6,16H,7H2. The topological polar surface area (TPSA) is 33.1 Å². The molecule has 0 saturated carbocycles. The minimum Gasteiger partial charge on any atom is -0.392 e. The number of benzene rings is 1. The normalized spacial score (nSPS) is 10.4. The van der Waals surface area contributed by atoms with Crippen LogP contribution in [0.25, 0.3) is 11.3 Å². The number of aromatic nitrogens is 1. The second-order valence-corrected chi connectivity index (χ2v) is 3.31. The van der Waals surface area contributed by atoms with Crippen LogP contribution in [0.3, 0.4) is 0 Å². The average molecular weight is 221 g/mol. The zero-order valence-electron chi connectivity index (χ0n) is 8.32. The number of pyridine rings is 1. The zero-order valence-corrected chi connectivity index (χ0v) is 8.32. The summed E-state index contributed by atoms with van der Waals surface area (Å²) >= 11 is 0. The van der Waals surface area contributed by atoms with E-state index in [0.29, 0.717) is 11.3 Å². The van der Waals surface area contributed by atoms with Crippen LogP contribution >= 0.6 is 0 Å². The maximum Gasteiger partial charge on any atom is 0.168 e. The van der Waals surface area contributed by atoms with E-state index < -0.39 is 11.6 Å². The SMILES string of the molecule is OCc1ccnc(-c2cccc(F)c2F)c1. The highest BCUT2D eigenvalue weighted by molar-refractivity contribution is 5.60. The summed E-state index contributed by atoms with van der Waals surface area (Å²) in [5.74, 6) is -1.83. The van der Waals surface area contributed by atoms with Gasteiger partial charge in [-0.05, 0) is 29.8 Å². The molecule has 0 saturated heterocycles. The third-order valence-corrected chi connectivity index (χ3v) is 2.23. The van der Waals surface area contributed by atoms with Crippen LogP contribution in [0.4, 0.5) is 8.78 Å². The fraction of sp³-hybridized carbons (Fsp3) is 0.0833. The van der Waals surface area contributed by atoms with Gasteiger partial charge in [0.05, 0.1) is 12.3 Å².